The first-order valence-corrected chi connectivity index (χ1v) is 9.37. The van der Waals surface area contributed by atoms with Gasteiger partial charge in [0.1, 0.15) is 0 Å². The third kappa shape index (κ3) is 3.00. The zero-order chi connectivity index (χ0) is 15.8. The lowest BCUT2D eigenvalue weighted by molar-refractivity contribution is -0.130. The number of para-hydroxylation sites is 1. The predicted molar refractivity (Wildman–Crippen MR) is 93.8 cm³/mol. The first-order chi connectivity index (χ1) is 11.2. The van der Waals surface area contributed by atoms with E-state index in [4.69, 9.17) is 4.98 Å². The van der Waals surface area contributed by atoms with Crippen LogP contribution in [0.4, 0.5) is 0 Å². The minimum atomic E-state index is 0.220. The molecule has 2 aromatic rings. The largest absolute Gasteiger partial charge is 0.343 e. The molecule has 2 saturated heterocycles. The van der Waals surface area contributed by atoms with Crippen LogP contribution in [0.3, 0.4) is 0 Å². The number of carbonyl (C=O) groups excluding carboxylic acids is 1. The molecule has 23 heavy (non-hydrogen) atoms. The van der Waals surface area contributed by atoms with Crippen molar-refractivity contribution < 1.29 is 4.79 Å². The predicted octanol–water partition coefficient (Wildman–Crippen LogP) is 3.10. The average molecular weight is 329 g/mol. The van der Waals surface area contributed by atoms with Crippen molar-refractivity contribution in [2.75, 3.05) is 26.2 Å². The topological polar surface area (TPSA) is 36.4 Å². The van der Waals surface area contributed by atoms with Gasteiger partial charge in [-0.05, 0) is 37.9 Å². The summed E-state index contributed by atoms with van der Waals surface area (Å²) in [6.45, 7) is 5.82. The normalized spacial score (nSPS) is 23.7. The number of thiazole rings is 1. The highest BCUT2D eigenvalue weighted by atomic mass is 32.1. The fraction of sp³-hybridized carbons (Fsp3) is 0.556. The first-order valence-electron chi connectivity index (χ1n) is 8.56. The van der Waals surface area contributed by atoms with Crippen LogP contribution in [0, 0.1) is 0 Å². The van der Waals surface area contributed by atoms with Crippen LogP contribution in [0.15, 0.2) is 24.3 Å². The summed E-state index contributed by atoms with van der Waals surface area (Å²) in [5, 5.41) is 1.30. The highest BCUT2D eigenvalue weighted by molar-refractivity contribution is 7.18. The lowest BCUT2D eigenvalue weighted by atomic mass is 10.0. The number of piperidine rings is 1. The maximum Gasteiger partial charge on any atom is 0.219 e. The molecule has 0 bridgehead atoms. The molecule has 1 unspecified atom stereocenters. The second-order valence-corrected chi connectivity index (χ2v) is 7.80. The van der Waals surface area contributed by atoms with Crippen molar-refractivity contribution in [2.24, 2.45) is 0 Å². The number of benzene rings is 1. The van der Waals surface area contributed by atoms with Crippen LogP contribution in [0.1, 0.15) is 37.1 Å². The molecule has 4 nitrogen and oxygen atoms in total. The Labute approximate surface area is 141 Å². The van der Waals surface area contributed by atoms with Gasteiger partial charge in [0.25, 0.3) is 0 Å². The smallest absolute Gasteiger partial charge is 0.219 e. The van der Waals surface area contributed by atoms with E-state index in [1.807, 2.05) is 16.2 Å². The fourth-order valence-corrected chi connectivity index (χ4v) is 5.02. The van der Waals surface area contributed by atoms with Crippen LogP contribution in [0.2, 0.25) is 0 Å². The summed E-state index contributed by atoms with van der Waals surface area (Å²) in [5.41, 5.74) is 1.14. The Morgan fingerprint density at radius 1 is 1.17 bits per heavy atom. The molecule has 2 aliphatic heterocycles. The molecular formula is C18H23N3OS. The Balaban J connectivity index is 1.40. The van der Waals surface area contributed by atoms with Gasteiger partial charge in [0, 0.05) is 38.5 Å². The van der Waals surface area contributed by atoms with E-state index in [0.717, 1.165) is 38.0 Å². The summed E-state index contributed by atoms with van der Waals surface area (Å²) in [6, 6.07) is 9.08. The van der Waals surface area contributed by atoms with Crippen LogP contribution in [0.5, 0.6) is 0 Å². The van der Waals surface area contributed by atoms with Gasteiger partial charge in [-0.25, -0.2) is 4.98 Å². The lowest BCUT2D eigenvalue weighted by Gasteiger charge is -2.36. The SMILES string of the molecule is CC(=O)N1CCC(N2CCC(c3nc4ccccc4s3)C2)CC1. The molecule has 1 aromatic carbocycles. The first kappa shape index (κ1) is 15.1. The molecule has 1 aromatic heterocycles. The van der Waals surface area contributed by atoms with E-state index in [-0.39, 0.29) is 5.91 Å². The molecule has 1 atom stereocenters. The summed E-state index contributed by atoms with van der Waals surface area (Å²) in [6.07, 6.45) is 3.45. The van der Waals surface area contributed by atoms with E-state index in [2.05, 4.69) is 29.2 Å². The van der Waals surface area contributed by atoms with Crippen LogP contribution in [0.25, 0.3) is 10.2 Å². The lowest BCUT2D eigenvalue weighted by Crippen LogP contribution is -2.45. The quantitative estimate of drug-likeness (QED) is 0.849. The third-order valence-corrected chi connectivity index (χ3v) is 6.50. The Kier molecular flexibility index (Phi) is 4.07. The number of hydrogen-bond donors (Lipinski definition) is 0. The van der Waals surface area contributed by atoms with Crippen LogP contribution in [-0.2, 0) is 4.79 Å². The Morgan fingerprint density at radius 2 is 1.96 bits per heavy atom. The third-order valence-electron chi connectivity index (χ3n) is 5.31. The van der Waals surface area contributed by atoms with Crippen molar-refractivity contribution in [1.82, 2.24) is 14.8 Å². The molecule has 0 spiro atoms. The van der Waals surface area contributed by atoms with Crippen molar-refractivity contribution in [3.63, 3.8) is 0 Å². The number of aromatic nitrogens is 1. The molecule has 2 fully saturated rings. The molecule has 122 valence electrons. The molecule has 1 amide bonds. The van der Waals surface area contributed by atoms with Crippen LogP contribution < -0.4 is 0 Å². The molecule has 0 N–H and O–H groups in total. The molecule has 0 saturated carbocycles. The maximum absolute atomic E-state index is 11.5. The molecular weight excluding hydrogens is 306 g/mol. The minimum absolute atomic E-state index is 0.220. The van der Waals surface area contributed by atoms with Crippen LogP contribution >= 0.6 is 11.3 Å². The highest BCUT2D eigenvalue weighted by Crippen LogP contribution is 2.35. The molecule has 3 heterocycles. The molecule has 0 aliphatic carbocycles. The Morgan fingerprint density at radius 3 is 2.70 bits per heavy atom. The minimum Gasteiger partial charge on any atom is -0.343 e. The van der Waals surface area contributed by atoms with Crippen molar-refractivity contribution in [3.05, 3.63) is 29.3 Å². The summed E-state index contributed by atoms with van der Waals surface area (Å²) < 4.78 is 1.30. The van der Waals surface area contributed by atoms with E-state index in [1.165, 1.54) is 22.7 Å². The van der Waals surface area contributed by atoms with E-state index in [9.17, 15) is 4.79 Å². The summed E-state index contributed by atoms with van der Waals surface area (Å²) in [5.74, 6) is 0.801. The Bertz CT molecular complexity index is 672. The molecule has 5 heteroatoms. The van der Waals surface area contributed by atoms with Crippen molar-refractivity contribution >= 4 is 27.5 Å². The van der Waals surface area contributed by atoms with Gasteiger partial charge in [-0.1, -0.05) is 12.1 Å². The molecule has 2 aliphatic rings. The maximum atomic E-state index is 11.5. The number of carbonyl (C=O) groups is 1. The standard InChI is InChI=1S/C18H23N3OS/c1-13(22)20-10-7-15(8-11-20)21-9-6-14(12-21)18-19-16-4-2-3-5-17(16)23-18/h2-5,14-15H,6-12H2,1H3. The zero-order valence-corrected chi connectivity index (χ0v) is 14.4. The molecule has 4 rings (SSSR count). The van der Waals surface area contributed by atoms with E-state index in [1.54, 1.807) is 6.92 Å². The second-order valence-electron chi connectivity index (χ2n) is 6.74. The van der Waals surface area contributed by atoms with E-state index >= 15 is 0 Å². The van der Waals surface area contributed by atoms with Gasteiger partial charge in [-0.15, -0.1) is 11.3 Å². The van der Waals surface area contributed by atoms with E-state index in [0.29, 0.717) is 12.0 Å². The Hall–Kier alpha value is -1.46. The zero-order valence-electron chi connectivity index (χ0n) is 13.6. The summed E-state index contributed by atoms with van der Waals surface area (Å²) in [7, 11) is 0. The molecule has 0 radical (unpaired) electrons. The van der Waals surface area contributed by atoms with Crippen LogP contribution in [-0.4, -0.2) is 52.9 Å². The summed E-state index contributed by atoms with van der Waals surface area (Å²) in [4.78, 5) is 20.9. The van der Waals surface area contributed by atoms with Crippen molar-refractivity contribution in [3.8, 4) is 0 Å². The van der Waals surface area contributed by atoms with Gasteiger partial charge in [0.15, 0.2) is 0 Å². The van der Waals surface area contributed by atoms with Crippen molar-refractivity contribution in [2.45, 2.75) is 38.1 Å². The number of nitrogens with zero attached hydrogens (tertiary/aromatic N) is 3. The summed E-state index contributed by atoms with van der Waals surface area (Å²) >= 11 is 1.86. The second kappa shape index (κ2) is 6.21. The fourth-order valence-electron chi connectivity index (χ4n) is 3.93. The van der Waals surface area contributed by atoms with Gasteiger partial charge in [-0.3, -0.25) is 9.69 Å². The average Bonchev–Trinajstić information content (AvgIpc) is 3.21. The van der Waals surface area contributed by atoms with Crippen molar-refractivity contribution in [1.29, 1.82) is 0 Å². The van der Waals surface area contributed by atoms with Gasteiger partial charge in [0.05, 0.1) is 15.2 Å². The number of rotatable bonds is 2. The van der Waals surface area contributed by atoms with Gasteiger partial charge < -0.3 is 4.90 Å². The highest BCUT2D eigenvalue weighted by Gasteiger charge is 2.32. The van der Waals surface area contributed by atoms with Gasteiger partial charge >= 0.3 is 0 Å². The number of likely N-dealkylation sites (tertiary alicyclic amines) is 2. The van der Waals surface area contributed by atoms with Gasteiger partial charge in [-0.2, -0.15) is 0 Å². The number of fused-ring (bicyclic) bond motifs is 1. The number of amides is 1. The number of hydrogen-bond acceptors (Lipinski definition) is 4. The monoisotopic (exact) mass is 329 g/mol. The van der Waals surface area contributed by atoms with Gasteiger partial charge in [0.2, 0.25) is 5.91 Å². The van der Waals surface area contributed by atoms with E-state index < -0.39 is 0 Å².